The van der Waals surface area contributed by atoms with Crippen LogP contribution in [0.3, 0.4) is 0 Å². The number of nitriles is 1. The van der Waals surface area contributed by atoms with Gasteiger partial charge in [-0.2, -0.15) is 5.26 Å². The molecule has 0 fully saturated rings. The van der Waals surface area contributed by atoms with Crippen molar-refractivity contribution in [2.24, 2.45) is 0 Å². The van der Waals surface area contributed by atoms with Gasteiger partial charge in [-0.3, -0.25) is 4.79 Å². The molecular weight excluding hydrogens is 403 g/mol. The van der Waals surface area contributed by atoms with E-state index in [0.29, 0.717) is 20.7 Å². The lowest BCUT2D eigenvalue weighted by atomic mass is 10.1. The summed E-state index contributed by atoms with van der Waals surface area (Å²) >= 11 is 14.8. The zero-order chi connectivity index (χ0) is 17.0. The van der Waals surface area contributed by atoms with Crippen molar-refractivity contribution in [3.8, 4) is 11.8 Å². The van der Waals surface area contributed by atoms with Gasteiger partial charge in [0.1, 0.15) is 17.4 Å². The fraction of sp³-hybridized carbons (Fsp3) is 0. The van der Waals surface area contributed by atoms with Gasteiger partial charge in [0.2, 0.25) is 0 Å². The topological polar surface area (TPSA) is 73.1 Å². The SMILES string of the molecule is N#C/C(=C/c1cc(Cl)c(O)c(Br)c1)C(=O)Nc1ccc(Cl)cc1. The number of carbonyl (C=O) groups is 1. The van der Waals surface area contributed by atoms with E-state index in [4.69, 9.17) is 23.2 Å². The van der Waals surface area contributed by atoms with E-state index >= 15 is 0 Å². The lowest BCUT2D eigenvalue weighted by Gasteiger charge is -2.05. The average Bonchev–Trinajstić information content (AvgIpc) is 2.52. The number of hydrogen-bond acceptors (Lipinski definition) is 3. The highest BCUT2D eigenvalue weighted by Gasteiger charge is 2.11. The molecule has 0 saturated carbocycles. The van der Waals surface area contributed by atoms with Gasteiger partial charge in [-0.05, 0) is 64.0 Å². The standard InChI is InChI=1S/C16H9BrCl2N2O2/c17-13-6-9(7-14(19)15(13)22)5-10(8-20)16(23)21-12-3-1-11(18)2-4-12/h1-7,22H,(H,21,23)/b10-5-. The molecule has 0 spiro atoms. The summed E-state index contributed by atoms with van der Waals surface area (Å²) in [6.07, 6.45) is 1.38. The Morgan fingerprint density at radius 2 is 1.91 bits per heavy atom. The van der Waals surface area contributed by atoms with E-state index in [9.17, 15) is 15.2 Å². The Kier molecular flexibility index (Phi) is 5.67. The van der Waals surface area contributed by atoms with Crippen LogP contribution in [-0.4, -0.2) is 11.0 Å². The van der Waals surface area contributed by atoms with Crippen LogP contribution in [0.25, 0.3) is 6.08 Å². The number of phenols is 1. The molecule has 116 valence electrons. The van der Waals surface area contributed by atoms with Crippen LogP contribution in [0.1, 0.15) is 5.56 Å². The van der Waals surface area contributed by atoms with E-state index in [-0.39, 0.29) is 16.3 Å². The summed E-state index contributed by atoms with van der Waals surface area (Å²) in [6, 6.07) is 11.4. The molecule has 1 amide bonds. The second-order valence-corrected chi connectivity index (χ2v) is 6.16. The smallest absolute Gasteiger partial charge is 0.266 e. The number of carbonyl (C=O) groups excluding carboxylic acids is 1. The van der Waals surface area contributed by atoms with Gasteiger partial charge in [-0.1, -0.05) is 23.2 Å². The number of nitrogens with zero attached hydrogens (tertiary/aromatic N) is 1. The predicted molar refractivity (Wildman–Crippen MR) is 94.5 cm³/mol. The Morgan fingerprint density at radius 3 is 2.48 bits per heavy atom. The molecule has 4 nitrogen and oxygen atoms in total. The Balaban J connectivity index is 2.26. The quantitative estimate of drug-likeness (QED) is 0.550. The van der Waals surface area contributed by atoms with Gasteiger partial charge in [0, 0.05) is 10.7 Å². The highest BCUT2D eigenvalue weighted by atomic mass is 79.9. The van der Waals surface area contributed by atoms with Crippen molar-refractivity contribution in [2.75, 3.05) is 5.32 Å². The maximum atomic E-state index is 12.1. The lowest BCUT2D eigenvalue weighted by molar-refractivity contribution is -0.112. The van der Waals surface area contributed by atoms with Crippen LogP contribution >= 0.6 is 39.1 Å². The number of phenolic OH excluding ortho intramolecular Hbond substituents is 1. The third-order valence-electron chi connectivity index (χ3n) is 2.82. The van der Waals surface area contributed by atoms with Crippen molar-refractivity contribution < 1.29 is 9.90 Å². The van der Waals surface area contributed by atoms with Crippen LogP contribution in [0, 0.1) is 11.3 Å². The normalized spacial score (nSPS) is 11.0. The van der Waals surface area contributed by atoms with Gasteiger partial charge in [-0.25, -0.2) is 0 Å². The van der Waals surface area contributed by atoms with Crippen molar-refractivity contribution >= 4 is 56.8 Å². The molecule has 7 heteroatoms. The van der Waals surface area contributed by atoms with E-state index in [0.717, 1.165) is 0 Å². The summed E-state index contributed by atoms with van der Waals surface area (Å²) in [4.78, 5) is 12.1. The summed E-state index contributed by atoms with van der Waals surface area (Å²) < 4.78 is 0.367. The lowest BCUT2D eigenvalue weighted by Crippen LogP contribution is -2.13. The van der Waals surface area contributed by atoms with Crippen molar-refractivity contribution in [2.45, 2.75) is 0 Å². The largest absolute Gasteiger partial charge is 0.505 e. The summed E-state index contributed by atoms with van der Waals surface area (Å²) in [5, 5.41) is 22.0. The number of rotatable bonds is 3. The van der Waals surface area contributed by atoms with E-state index in [1.165, 1.54) is 12.1 Å². The molecule has 0 saturated heterocycles. The van der Waals surface area contributed by atoms with Crippen LogP contribution in [-0.2, 0) is 4.79 Å². The maximum absolute atomic E-state index is 12.1. The summed E-state index contributed by atoms with van der Waals surface area (Å²) in [5.74, 6) is -0.664. The van der Waals surface area contributed by atoms with Crippen molar-refractivity contribution in [1.29, 1.82) is 5.26 Å². The maximum Gasteiger partial charge on any atom is 0.266 e. The minimum Gasteiger partial charge on any atom is -0.505 e. The summed E-state index contributed by atoms with van der Waals surface area (Å²) in [6.45, 7) is 0. The van der Waals surface area contributed by atoms with Gasteiger partial charge in [0.05, 0.1) is 9.50 Å². The Bertz CT molecular complexity index is 804. The van der Waals surface area contributed by atoms with E-state index < -0.39 is 5.91 Å². The number of aromatic hydroxyl groups is 1. The molecule has 2 aromatic rings. The van der Waals surface area contributed by atoms with Gasteiger partial charge >= 0.3 is 0 Å². The molecule has 0 unspecified atom stereocenters. The molecule has 23 heavy (non-hydrogen) atoms. The highest BCUT2D eigenvalue weighted by molar-refractivity contribution is 9.10. The van der Waals surface area contributed by atoms with Crippen molar-refractivity contribution in [3.63, 3.8) is 0 Å². The second kappa shape index (κ2) is 7.51. The van der Waals surface area contributed by atoms with Crippen LogP contribution in [0.2, 0.25) is 10.0 Å². The molecule has 0 radical (unpaired) electrons. The molecule has 0 heterocycles. The zero-order valence-corrected chi connectivity index (χ0v) is 14.6. The molecular formula is C16H9BrCl2N2O2. The Labute approximate surface area is 151 Å². The second-order valence-electron chi connectivity index (χ2n) is 4.46. The molecule has 2 aromatic carbocycles. The molecule has 0 atom stereocenters. The minimum absolute atomic E-state index is 0.103. The molecule has 0 aromatic heterocycles. The molecule has 2 N–H and O–H groups in total. The fourth-order valence-corrected chi connectivity index (χ4v) is 2.66. The third kappa shape index (κ3) is 4.49. The van der Waals surface area contributed by atoms with E-state index in [1.807, 2.05) is 6.07 Å². The Hall–Kier alpha value is -2.00. The molecule has 0 bridgehead atoms. The fourth-order valence-electron chi connectivity index (χ4n) is 1.72. The van der Waals surface area contributed by atoms with E-state index in [1.54, 1.807) is 30.3 Å². The highest BCUT2D eigenvalue weighted by Crippen LogP contribution is 2.33. The number of nitrogens with one attached hydrogen (secondary N) is 1. The van der Waals surface area contributed by atoms with Gasteiger partial charge in [0.15, 0.2) is 0 Å². The monoisotopic (exact) mass is 410 g/mol. The number of benzene rings is 2. The van der Waals surface area contributed by atoms with Crippen molar-refractivity contribution in [3.05, 3.63) is 62.1 Å². The van der Waals surface area contributed by atoms with Crippen LogP contribution in [0.5, 0.6) is 5.75 Å². The van der Waals surface area contributed by atoms with Gasteiger partial charge in [0.25, 0.3) is 5.91 Å². The number of halogens is 3. The Morgan fingerprint density at radius 1 is 1.26 bits per heavy atom. The third-order valence-corrected chi connectivity index (χ3v) is 3.96. The summed E-state index contributed by atoms with van der Waals surface area (Å²) in [7, 11) is 0. The van der Waals surface area contributed by atoms with Crippen molar-refractivity contribution in [1.82, 2.24) is 0 Å². The predicted octanol–water partition coefficient (Wildman–Crippen LogP) is 5.01. The number of hydrogen-bond donors (Lipinski definition) is 2. The average molecular weight is 412 g/mol. The molecule has 0 aliphatic carbocycles. The first-order chi connectivity index (χ1) is 10.9. The minimum atomic E-state index is -0.560. The van der Waals surface area contributed by atoms with Gasteiger partial charge < -0.3 is 10.4 Å². The molecule has 0 aliphatic rings. The van der Waals surface area contributed by atoms with Crippen LogP contribution in [0.15, 0.2) is 46.4 Å². The molecule has 2 rings (SSSR count). The first kappa shape index (κ1) is 17.4. The van der Waals surface area contributed by atoms with E-state index in [2.05, 4.69) is 21.2 Å². The number of anilines is 1. The van der Waals surface area contributed by atoms with Gasteiger partial charge in [-0.15, -0.1) is 0 Å². The zero-order valence-electron chi connectivity index (χ0n) is 11.5. The first-order valence-corrected chi connectivity index (χ1v) is 7.82. The van der Waals surface area contributed by atoms with Crippen LogP contribution < -0.4 is 5.32 Å². The van der Waals surface area contributed by atoms with Crippen LogP contribution in [0.4, 0.5) is 5.69 Å². The first-order valence-electron chi connectivity index (χ1n) is 6.27. The number of amides is 1. The molecule has 0 aliphatic heterocycles. The summed E-state index contributed by atoms with van der Waals surface area (Å²) in [5.41, 5.74) is 0.918.